The van der Waals surface area contributed by atoms with Crippen molar-refractivity contribution in [2.24, 2.45) is 5.92 Å². The quantitative estimate of drug-likeness (QED) is 0.661. The van der Waals surface area contributed by atoms with Gasteiger partial charge >= 0.3 is 0 Å². The van der Waals surface area contributed by atoms with Crippen molar-refractivity contribution >= 4 is 39.3 Å². The van der Waals surface area contributed by atoms with Crippen molar-refractivity contribution in [2.45, 2.75) is 13.8 Å². The fourth-order valence-corrected chi connectivity index (χ4v) is 2.11. The molecular formula is C7H11NS3. The van der Waals surface area contributed by atoms with E-state index < -0.39 is 0 Å². The molecular weight excluding hydrogens is 194 g/mol. The summed E-state index contributed by atoms with van der Waals surface area (Å²) in [6.07, 6.45) is 0. The van der Waals surface area contributed by atoms with Gasteiger partial charge in [-0.2, -0.15) is 5.26 Å². The monoisotopic (exact) mass is 205 g/mol. The van der Waals surface area contributed by atoms with Crippen molar-refractivity contribution in [2.75, 3.05) is 11.5 Å². The van der Waals surface area contributed by atoms with Crippen molar-refractivity contribution in [1.29, 1.82) is 5.26 Å². The van der Waals surface area contributed by atoms with Gasteiger partial charge in [-0.15, -0.1) is 11.8 Å². The molecule has 1 nitrogen and oxygen atoms in total. The van der Waals surface area contributed by atoms with E-state index in [9.17, 15) is 0 Å². The van der Waals surface area contributed by atoms with Crippen LogP contribution < -0.4 is 0 Å². The van der Waals surface area contributed by atoms with Crippen molar-refractivity contribution in [3.63, 3.8) is 0 Å². The van der Waals surface area contributed by atoms with Crippen LogP contribution in [0.2, 0.25) is 0 Å². The summed E-state index contributed by atoms with van der Waals surface area (Å²) < 4.78 is 0.889. The minimum Gasteiger partial charge on any atom is -0.197 e. The van der Waals surface area contributed by atoms with Crippen LogP contribution in [0, 0.1) is 17.2 Å². The molecule has 0 rings (SSSR count). The van der Waals surface area contributed by atoms with Crippen LogP contribution in [-0.4, -0.2) is 15.0 Å². The van der Waals surface area contributed by atoms with Crippen LogP contribution >= 0.6 is 35.7 Å². The van der Waals surface area contributed by atoms with E-state index in [1.165, 1.54) is 11.8 Å². The van der Waals surface area contributed by atoms with Gasteiger partial charge in [0.25, 0.3) is 0 Å². The highest BCUT2D eigenvalue weighted by atomic mass is 32.2. The van der Waals surface area contributed by atoms with Crippen molar-refractivity contribution in [3.8, 4) is 6.07 Å². The van der Waals surface area contributed by atoms with Crippen molar-refractivity contribution < 1.29 is 0 Å². The van der Waals surface area contributed by atoms with Gasteiger partial charge in [-0.1, -0.05) is 37.8 Å². The van der Waals surface area contributed by atoms with Crippen LogP contribution in [0.15, 0.2) is 0 Å². The Morgan fingerprint density at radius 1 is 1.55 bits per heavy atom. The lowest BCUT2D eigenvalue weighted by molar-refractivity contribution is 0.752. The van der Waals surface area contributed by atoms with E-state index in [1.807, 2.05) is 6.07 Å². The molecule has 0 aromatic heterocycles. The summed E-state index contributed by atoms with van der Waals surface area (Å²) in [5.74, 6) is 2.20. The van der Waals surface area contributed by atoms with Crippen LogP contribution in [0.25, 0.3) is 0 Å². The van der Waals surface area contributed by atoms with Crippen LogP contribution in [0.3, 0.4) is 0 Å². The first-order chi connectivity index (χ1) is 5.16. The summed E-state index contributed by atoms with van der Waals surface area (Å²) >= 11 is 8.13. The summed E-state index contributed by atoms with van der Waals surface area (Å²) in [6, 6.07) is 2.05. The molecule has 0 aliphatic carbocycles. The number of nitriles is 1. The molecule has 4 heteroatoms. The highest BCUT2D eigenvalue weighted by molar-refractivity contribution is 8.47. The van der Waals surface area contributed by atoms with E-state index in [0.29, 0.717) is 11.7 Å². The second kappa shape index (κ2) is 6.96. The Balaban J connectivity index is 3.32. The average Bonchev–Trinajstić information content (AvgIpc) is 1.97. The van der Waals surface area contributed by atoms with Gasteiger partial charge in [0.1, 0.15) is 3.53 Å². The van der Waals surface area contributed by atoms with Gasteiger partial charge < -0.3 is 0 Å². The van der Waals surface area contributed by atoms with E-state index >= 15 is 0 Å². The molecule has 0 atom stereocenters. The lowest BCUT2D eigenvalue weighted by Gasteiger charge is -2.02. The first-order valence-electron chi connectivity index (χ1n) is 3.33. The van der Waals surface area contributed by atoms with Gasteiger partial charge in [0.15, 0.2) is 0 Å². The molecule has 62 valence electrons. The Morgan fingerprint density at radius 2 is 2.18 bits per heavy atom. The maximum Gasteiger partial charge on any atom is 0.105 e. The van der Waals surface area contributed by atoms with Gasteiger partial charge in [-0.05, 0) is 5.92 Å². The highest BCUT2D eigenvalue weighted by Crippen LogP contribution is 2.18. The molecule has 0 saturated heterocycles. The van der Waals surface area contributed by atoms with Gasteiger partial charge in [-0.3, -0.25) is 0 Å². The average molecular weight is 205 g/mol. The second-order valence-corrected chi connectivity index (χ2v) is 5.60. The molecule has 0 heterocycles. The zero-order chi connectivity index (χ0) is 8.69. The minimum absolute atomic E-state index is 0.476. The number of rotatable bonds is 3. The Labute approximate surface area is 81.9 Å². The Kier molecular flexibility index (Phi) is 7.13. The Hall–Kier alpha value is 0.280. The summed E-state index contributed by atoms with van der Waals surface area (Å²) in [5.41, 5.74) is 0. The summed E-state index contributed by atoms with van der Waals surface area (Å²) in [6.45, 7) is 4.31. The fraction of sp³-hybridized carbons (Fsp3) is 0.714. The summed E-state index contributed by atoms with van der Waals surface area (Å²) in [5, 5.41) is 8.25. The molecule has 0 aromatic rings. The van der Waals surface area contributed by atoms with E-state index in [4.69, 9.17) is 17.5 Å². The number of hydrogen-bond donors (Lipinski definition) is 0. The van der Waals surface area contributed by atoms with Crippen LogP contribution in [-0.2, 0) is 0 Å². The third kappa shape index (κ3) is 8.18. The highest BCUT2D eigenvalue weighted by Gasteiger charge is 1.99. The number of thiocarbonyl (C=S) groups is 1. The Morgan fingerprint density at radius 3 is 2.64 bits per heavy atom. The molecule has 0 bridgehead atoms. The van der Waals surface area contributed by atoms with Gasteiger partial charge in [0.2, 0.25) is 0 Å². The maximum atomic E-state index is 8.25. The predicted octanol–water partition coefficient (Wildman–Crippen LogP) is 2.92. The zero-order valence-electron chi connectivity index (χ0n) is 6.66. The SMILES string of the molecule is CC(C)CSC(=S)SCC#N. The van der Waals surface area contributed by atoms with Gasteiger partial charge in [0.05, 0.1) is 11.8 Å². The van der Waals surface area contributed by atoms with Crippen LogP contribution in [0.1, 0.15) is 13.8 Å². The van der Waals surface area contributed by atoms with Crippen LogP contribution in [0.5, 0.6) is 0 Å². The number of nitrogens with zero attached hydrogens (tertiary/aromatic N) is 1. The summed E-state index contributed by atoms with van der Waals surface area (Å²) in [4.78, 5) is 0. The smallest absolute Gasteiger partial charge is 0.105 e. The number of hydrogen-bond acceptors (Lipinski definition) is 4. The molecule has 0 amide bonds. The Bertz CT molecular complexity index is 160. The third-order valence-electron chi connectivity index (χ3n) is 0.789. The van der Waals surface area contributed by atoms with Crippen LogP contribution in [0.4, 0.5) is 0 Å². The predicted molar refractivity (Wildman–Crippen MR) is 58.0 cm³/mol. The molecule has 0 aliphatic rings. The largest absolute Gasteiger partial charge is 0.197 e. The van der Waals surface area contributed by atoms with E-state index in [1.54, 1.807) is 11.8 Å². The van der Waals surface area contributed by atoms with E-state index in [-0.39, 0.29) is 0 Å². The fourth-order valence-electron chi connectivity index (χ4n) is 0.368. The minimum atomic E-state index is 0.476. The maximum absolute atomic E-state index is 8.25. The lowest BCUT2D eigenvalue weighted by atomic mass is 10.3. The third-order valence-corrected chi connectivity index (χ3v) is 3.78. The van der Waals surface area contributed by atoms with Gasteiger partial charge in [0, 0.05) is 5.75 Å². The molecule has 0 N–H and O–H groups in total. The van der Waals surface area contributed by atoms with Crippen molar-refractivity contribution in [1.82, 2.24) is 0 Å². The van der Waals surface area contributed by atoms with Gasteiger partial charge in [-0.25, -0.2) is 0 Å². The van der Waals surface area contributed by atoms with Crippen molar-refractivity contribution in [3.05, 3.63) is 0 Å². The molecule has 0 aromatic carbocycles. The standard InChI is InChI=1S/C7H11NS3/c1-6(2)5-11-7(9)10-4-3-8/h6H,4-5H2,1-2H3. The number of thioether (sulfide) groups is 2. The molecule has 0 unspecified atom stereocenters. The first-order valence-corrected chi connectivity index (χ1v) is 5.71. The topological polar surface area (TPSA) is 23.8 Å². The molecule has 0 fully saturated rings. The second-order valence-electron chi connectivity index (χ2n) is 2.40. The molecule has 0 aliphatic heterocycles. The summed E-state index contributed by atoms with van der Waals surface area (Å²) in [7, 11) is 0. The zero-order valence-corrected chi connectivity index (χ0v) is 9.11. The van der Waals surface area contributed by atoms with E-state index in [0.717, 1.165) is 9.28 Å². The van der Waals surface area contributed by atoms with E-state index in [2.05, 4.69) is 13.8 Å². The normalized spacial score (nSPS) is 9.64. The first kappa shape index (κ1) is 11.3. The molecule has 0 radical (unpaired) electrons. The molecule has 11 heavy (non-hydrogen) atoms. The molecule has 0 saturated carbocycles. The lowest BCUT2D eigenvalue weighted by Crippen LogP contribution is -1.93. The molecule has 0 spiro atoms.